The molecule has 144 valence electrons. The van der Waals surface area contributed by atoms with Crippen LogP contribution >= 0.6 is 0 Å². The molecule has 1 aliphatic rings. The number of anilines is 1. The van der Waals surface area contributed by atoms with E-state index in [-0.39, 0.29) is 5.56 Å². The average Bonchev–Trinajstić information content (AvgIpc) is 2.75. The lowest BCUT2D eigenvalue weighted by Crippen LogP contribution is -3.13. The van der Waals surface area contributed by atoms with E-state index >= 15 is 0 Å². The number of rotatable bonds is 5. The van der Waals surface area contributed by atoms with E-state index < -0.39 is 0 Å². The Bertz CT molecular complexity index is 962. The number of aromatic amines is 1. The summed E-state index contributed by atoms with van der Waals surface area (Å²) in [5.41, 5.74) is 2.82. The minimum absolute atomic E-state index is 0.130. The molecule has 3 aromatic rings. The maximum absolute atomic E-state index is 12.2. The zero-order valence-corrected chi connectivity index (χ0v) is 16.0. The number of aromatic nitrogens is 2. The Kier molecular flexibility index (Phi) is 5.39. The summed E-state index contributed by atoms with van der Waals surface area (Å²) < 4.78 is 5.20. The van der Waals surface area contributed by atoms with Crippen molar-refractivity contribution in [1.29, 1.82) is 0 Å². The van der Waals surface area contributed by atoms with E-state index in [1.54, 1.807) is 18.1 Å². The van der Waals surface area contributed by atoms with Crippen molar-refractivity contribution in [1.82, 2.24) is 9.97 Å². The molecule has 2 N–H and O–H groups in total. The molecule has 1 aromatic heterocycles. The van der Waals surface area contributed by atoms with E-state index in [4.69, 9.17) is 9.72 Å². The van der Waals surface area contributed by atoms with E-state index in [0.29, 0.717) is 11.6 Å². The van der Waals surface area contributed by atoms with E-state index in [2.05, 4.69) is 40.2 Å². The first-order valence-electron chi connectivity index (χ1n) is 9.59. The van der Waals surface area contributed by atoms with Crippen LogP contribution in [0.4, 0.5) is 5.95 Å². The van der Waals surface area contributed by atoms with E-state index in [9.17, 15) is 4.79 Å². The van der Waals surface area contributed by atoms with Gasteiger partial charge in [-0.15, -0.1) is 0 Å². The first-order valence-corrected chi connectivity index (χ1v) is 9.59. The summed E-state index contributed by atoms with van der Waals surface area (Å²) in [6.07, 6.45) is 0. The van der Waals surface area contributed by atoms with E-state index in [1.165, 1.54) is 5.56 Å². The van der Waals surface area contributed by atoms with Gasteiger partial charge in [0, 0.05) is 17.2 Å². The maximum Gasteiger partial charge on any atom is 0.252 e. The molecule has 0 radical (unpaired) electrons. The molecule has 0 bridgehead atoms. The highest BCUT2D eigenvalue weighted by atomic mass is 16.5. The maximum atomic E-state index is 12.2. The van der Waals surface area contributed by atoms with Crippen LogP contribution in [0.5, 0.6) is 5.75 Å². The Labute approximate surface area is 164 Å². The van der Waals surface area contributed by atoms with Gasteiger partial charge in [0.2, 0.25) is 5.95 Å². The van der Waals surface area contributed by atoms with Gasteiger partial charge >= 0.3 is 0 Å². The molecule has 0 amide bonds. The fourth-order valence-corrected chi connectivity index (χ4v) is 3.60. The molecule has 0 aliphatic carbocycles. The van der Waals surface area contributed by atoms with Crippen molar-refractivity contribution in [3.63, 3.8) is 0 Å². The number of methoxy groups -OCH3 is 1. The highest BCUT2D eigenvalue weighted by Gasteiger charge is 2.22. The van der Waals surface area contributed by atoms with Crippen LogP contribution in [0.1, 0.15) is 5.56 Å². The van der Waals surface area contributed by atoms with E-state index in [1.807, 2.05) is 24.3 Å². The third-order valence-electron chi connectivity index (χ3n) is 5.18. The second kappa shape index (κ2) is 8.27. The molecule has 6 heteroatoms. The predicted octanol–water partition coefficient (Wildman–Crippen LogP) is 1.35. The molecule has 0 atom stereocenters. The lowest BCUT2D eigenvalue weighted by Gasteiger charge is -2.32. The molecule has 28 heavy (non-hydrogen) atoms. The first-order chi connectivity index (χ1) is 13.7. The minimum Gasteiger partial charge on any atom is -0.497 e. The second-order valence-corrected chi connectivity index (χ2v) is 7.08. The molecule has 1 saturated heterocycles. The van der Waals surface area contributed by atoms with Crippen molar-refractivity contribution in [2.45, 2.75) is 6.54 Å². The van der Waals surface area contributed by atoms with Crippen molar-refractivity contribution in [2.75, 3.05) is 38.2 Å². The Morgan fingerprint density at radius 1 is 1.07 bits per heavy atom. The largest absolute Gasteiger partial charge is 0.497 e. The fourth-order valence-electron chi connectivity index (χ4n) is 3.60. The monoisotopic (exact) mass is 377 g/mol. The smallest absolute Gasteiger partial charge is 0.252 e. The third kappa shape index (κ3) is 4.23. The topological polar surface area (TPSA) is 62.7 Å². The Morgan fingerprint density at radius 2 is 1.79 bits per heavy atom. The van der Waals surface area contributed by atoms with Crippen LogP contribution < -0.4 is 20.1 Å². The molecule has 4 rings (SSSR count). The summed E-state index contributed by atoms with van der Waals surface area (Å²) in [5.74, 6) is 1.43. The molecule has 1 fully saturated rings. The average molecular weight is 377 g/mol. The van der Waals surface area contributed by atoms with Gasteiger partial charge in [0.05, 0.1) is 39.0 Å². The molecule has 2 heterocycles. The van der Waals surface area contributed by atoms with Gasteiger partial charge < -0.3 is 14.5 Å². The van der Waals surface area contributed by atoms with Crippen LogP contribution in [0.25, 0.3) is 11.3 Å². The molecule has 0 spiro atoms. The zero-order valence-electron chi connectivity index (χ0n) is 16.0. The van der Waals surface area contributed by atoms with Gasteiger partial charge in [-0.3, -0.25) is 9.78 Å². The standard InChI is InChI=1S/C22H24N4O2/c1-28-19-9-7-18(8-10-19)20-15-21(27)24-22(23-20)26-13-11-25(12-14-26)16-17-5-3-2-4-6-17/h2-10,15H,11-14,16H2,1H3,(H,23,24,27)/p+1. The number of ether oxygens (including phenoxy) is 1. The SMILES string of the molecule is COc1ccc(-c2cc(=O)[nH]c(N3CC[NH+](Cc4ccccc4)CC3)n2)cc1. The Balaban J connectivity index is 1.46. The van der Waals surface area contributed by atoms with Gasteiger partial charge in [0.25, 0.3) is 5.56 Å². The van der Waals surface area contributed by atoms with Gasteiger partial charge in [-0.25, -0.2) is 4.98 Å². The minimum atomic E-state index is -0.130. The predicted molar refractivity (Wildman–Crippen MR) is 110 cm³/mol. The summed E-state index contributed by atoms with van der Waals surface area (Å²) in [5, 5.41) is 0. The lowest BCUT2D eigenvalue weighted by molar-refractivity contribution is -0.914. The van der Waals surface area contributed by atoms with Gasteiger partial charge in [0.15, 0.2) is 0 Å². The molecule has 6 nitrogen and oxygen atoms in total. The normalized spacial score (nSPS) is 14.8. The summed E-state index contributed by atoms with van der Waals surface area (Å²) in [6.45, 7) is 4.82. The van der Waals surface area contributed by atoms with Crippen molar-refractivity contribution in [3.8, 4) is 17.0 Å². The van der Waals surface area contributed by atoms with Gasteiger partial charge in [-0.1, -0.05) is 30.3 Å². The molecular formula is C22H25N4O2+. The third-order valence-corrected chi connectivity index (χ3v) is 5.18. The van der Waals surface area contributed by atoms with Crippen LogP contribution in [-0.2, 0) is 6.54 Å². The van der Waals surface area contributed by atoms with E-state index in [0.717, 1.165) is 44.0 Å². The number of hydrogen-bond donors (Lipinski definition) is 2. The quantitative estimate of drug-likeness (QED) is 0.705. The summed E-state index contributed by atoms with van der Waals surface area (Å²) in [4.78, 5) is 23.5. The molecular weight excluding hydrogens is 352 g/mol. The van der Waals surface area contributed by atoms with Crippen LogP contribution in [-0.4, -0.2) is 43.3 Å². The number of nitrogens with zero attached hydrogens (tertiary/aromatic N) is 2. The fraction of sp³-hybridized carbons (Fsp3) is 0.273. The van der Waals surface area contributed by atoms with Crippen molar-refractivity contribution >= 4 is 5.95 Å². The van der Waals surface area contributed by atoms with Crippen LogP contribution in [0.3, 0.4) is 0 Å². The first kappa shape index (κ1) is 18.3. The van der Waals surface area contributed by atoms with Crippen molar-refractivity contribution in [2.24, 2.45) is 0 Å². The van der Waals surface area contributed by atoms with Crippen LogP contribution in [0, 0.1) is 0 Å². The summed E-state index contributed by atoms with van der Waals surface area (Å²) in [6, 6.07) is 19.7. The highest BCUT2D eigenvalue weighted by molar-refractivity contribution is 5.61. The number of hydrogen-bond acceptors (Lipinski definition) is 4. The number of benzene rings is 2. The number of piperazine rings is 1. The van der Waals surface area contributed by atoms with Crippen molar-refractivity contribution in [3.05, 3.63) is 76.6 Å². The second-order valence-electron chi connectivity index (χ2n) is 7.08. The molecule has 2 aromatic carbocycles. The summed E-state index contributed by atoms with van der Waals surface area (Å²) in [7, 11) is 1.64. The van der Waals surface area contributed by atoms with Gasteiger partial charge in [0.1, 0.15) is 12.3 Å². The van der Waals surface area contributed by atoms with Gasteiger partial charge in [-0.2, -0.15) is 0 Å². The molecule has 0 saturated carbocycles. The molecule has 0 unspecified atom stereocenters. The Hall–Kier alpha value is -3.12. The highest BCUT2D eigenvalue weighted by Crippen LogP contribution is 2.21. The van der Waals surface area contributed by atoms with Crippen LogP contribution in [0.15, 0.2) is 65.5 Å². The van der Waals surface area contributed by atoms with Crippen LogP contribution in [0.2, 0.25) is 0 Å². The van der Waals surface area contributed by atoms with Gasteiger partial charge in [-0.05, 0) is 24.3 Å². The molecule has 1 aliphatic heterocycles. The number of quaternary nitrogens is 1. The number of nitrogens with one attached hydrogen (secondary N) is 2. The summed E-state index contributed by atoms with van der Waals surface area (Å²) >= 11 is 0. The zero-order chi connectivity index (χ0) is 19.3. The number of H-pyrrole nitrogens is 1. The lowest BCUT2D eigenvalue weighted by atomic mass is 10.1. The van der Waals surface area contributed by atoms with Crippen molar-refractivity contribution < 1.29 is 9.64 Å². The Morgan fingerprint density at radius 3 is 2.46 bits per heavy atom.